The van der Waals surface area contributed by atoms with Gasteiger partial charge < -0.3 is 14.4 Å². The topological polar surface area (TPSA) is 42.8 Å². The smallest absolute Gasteiger partial charge is 0.165 e. The van der Waals surface area contributed by atoms with Gasteiger partial charge in [-0.05, 0) is 70.1 Å². The molecule has 4 heterocycles. The van der Waals surface area contributed by atoms with Gasteiger partial charge in [0.1, 0.15) is 6.61 Å². The molecule has 7 heteroatoms. The Balaban J connectivity index is 1.42. The van der Waals surface area contributed by atoms with Gasteiger partial charge in [0.25, 0.3) is 0 Å². The number of piperidine rings is 1. The van der Waals surface area contributed by atoms with E-state index in [1.54, 1.807) is 0 Å². The monoisotopic (exact) mass is 480 g/mol. The van der Waals surface area contributed by atoms with Crippen molar-refractivity contribution >= 4 is 11.3 Å². The highest BCUT2D eigenvalue weighted by molar-refractivity contribution is 7.15. The molecule has 1 aromatic carbocycles. The van der Waals surface area contributed by atoms with Crippen LogP contribution in [0.15, 0.2) is 30.5 Å². The number of likely N-dealkylation sites (tertiary alicyclic amines) is 1. The number of fused-ring (bicyclic) bond motifs is 1. The van der Waals surface area contributed by atoms with Crippen LogP contribution in [0.1, 0.15) is 34.5 Å². The van der Waals surface area contributed by atoms with Crippen LogP contribution in [-0.2, 0) is 20.1 Å². The number of hydrogen-bond donors (Lipinski definition) is 0. The van der Waals surface area contributed by atoms with Gasteiger partial charge in [-0.15, -0.1) is 11.3 Å². The van der Waals surface area contributed by atoms with Gasteiger partial charge in [-0.25, -0.2) is 0 Å². The summed E-state index contributed by atoms with van der Waals surface area (Å²) < 4.78 is 14.8. The molecule has 1 atom stereocenters. The molecule has 0 radical (unpaired) electrons. The second-order valence-corrected chi connectivity index (χ2v) is 11.2. The predicted octanol–water partition coefficient (Wildman–Crippen LogP) is 4.88. The van der Waals surface area contributed by atoms with E-state index in [4.69, 9.17) is 9.47 Å². The molecule has 1 fully saturated rings. The maximum atomic E-state index is 6.51. The van der Waals surface area contributed by atoms with Gasteiger partial charge in [-0.2, -0.15) is 5.10 Å². The zero-order valence-electron chi connectivity index (χ0n) is 20.8. The summed E-state index contributed by atoms with van der Waals surface area (Å²) in [5, 5.41) is 4.43. The highest BCUT2D eigenvalue weighted by Gasteiger charge is 2.24. The maximum Gasteiger partial charge on any atom is 0.165 e. The third kappa shape index (κ3) is 5.16. The van der Waals surface area contributed by atoms with Crippen molar-refractivity contribution in [2.24, 2.45) is 13.0 Å². The van der Waals surface area contributed by atoms with E-state index in [1.807, 2.05) is 29.3 Å². The summed E-state index contributed by atoms with van der Waals surface area (Å²) >= 11 is 1.83. The highest BCUT2D eigenvalue weighted by Crippen LogP contribution is 2.40. The molecule has 0 spiro atoms. The lowest BCUT2D eigenvalue weighted by Crippen LogP contribution is -2.34. The first-order valence-corrected chi connectivity index (χ1v) is 13.2. The van der Waals surface area contributed by atoms with Crippen molar-refractivity contribution in [2.75, 3.05) is 39.9 Å². The van der Waals surface area contributed by atoms with Gasteiger partial charge in [-0.1, -0.05) is 0 Å². The van der Waals surface area contributed by atoms with Crippen LogP contribution >= 0.6 is 11.3 Å². The number of aromatic nitrogens is 2. The molecule has 182 valence electrons. The molecule has 1 unspecified atom stereocenters. The standard InChI is InChI=1S/C27H36N4O2S/c1-19-7-8-26(34-19)22-12-23-16-31(17-24-14-28-30(4)20(24)2)10-11-32-27(23)25(13-22)33-18-21-6-5-9-29(3)15-21/h7-8,12-14,21H,5-6,9-11,15-18H2,1-4H3. The third-order valence-corrected chi connectivity index (χ3v) is 8.18. The minimum Gasteiger partial charge on any atom is -0.489 e. The molecule has 0 aliphatic carbocycles. The van der Waals surface area contributed by atoms with Crippen molar-refractivity contribution in [1.82, 2.24) is 19.6 Å². The van der Waals surface area contributed by atoms with Crippen LogP contribution in [0.5, 0.6) is 11.5 Å². The summed E-state index contributed by atoms with van der Waals surface area (Å²) in [6, 6.07) is 8.90. The first-order valence-electron chi connectivity index (χ1n) is 12.3. The Morgan fingerprint density at radius 2 is 2.06 bits per heavy atom. The second-order valence-electron chi connectivity index (χ2n) is 9.89. The molecule has 0 saturated carbocycles. The summed E-state index contributed by atoms with van der Waals surface area (Å²) in [5.74, 6) is 2.38. The Kier molecular flexibility index (Phi) is 6.95. The van der Waals surface area contributed by atoms with E-state index in [-0.39, 0.29) is 0 Å². The molecule has 2 aliphatic heterocycles. The van der Waals surface area contributed by atoms with Gasteiger partial charge in [0, 0.05) is 65.7 Å². The molecule has 1 saturated heterocycles. The summed E-state index contributed by atoms with van der Waals surface area (Å²) in [5.41, 5.74) is 4.91. The normalized spacial score (nSPS) is 19.5. The minimum absolute atomic E-state index is 0.567. The van der Waals surface area contributed by atoms with Gasteiger partial charge >= 0.3 is 0 Å². The first kappa shape index (κ1) is 23.4. The predicted molar refractivity (Wildman–Crippen MR) is 138 cm³/mol. The largest absolute Gasteiger partial charge is 0.489 e. The lowest BCUT2D eigenvalue weighted by atomic mass is 9.99. The summed E-state index contributed by atoms with van der Waals surface area (Å²) in [4.78, 5) is 7.47. The molecule has 2 aliphatic rings. The first-order chi connectivity index (χ1) is 16.5. The average molecular weight is 481 g/mol. The average Bonchev–Trinajstić information content (AvgIpc) is 3.31. The van der Waals surface area contributed by atoms with Gasteiger partial charge in [0.05, 0.1) is 12.8 Å². The van der Waals surface area contributed by atoms with Crippen LogP contribution in [0.3, 0.4) is 0 Å². The van der Waals surface area contributed by atoms with Crippen molar-refractivity contribution in [2.45, 2.75) is 39.8 Å². The number of hydrogen-bond acceptors (Lipinski definition) is 6. The van der Waals surface area contributed by atoms with E-state index in [9.17, 15) is 0 Å². The molecular weight excluding hydrogens is 444 g/mol. The van der Waals surface area contributed by atoms with Gasteiger partial charge in [-0.3, -0.25) is 9.58 Å². The van der Waals surface area contributed by atoms with Gasteiger partial charge in [0.2, 0.25) is 0 Å². The molecule has 3 aromatic rings. The Morgan fingerprint density at radius 3 is 2.79 bits per heavy atom. The lowest BCUT2D eigenvalue weighted by molar-refractivity contribution is 0.146. The van der Waals surface area contributed by atoms with Crippen LogP contribution < -0.4 is 9.47 Å². The van der Waals surface area contributed by atoms with E-state index in [1.165, 1.54) is 51.5 Å². The fourth-order valence-electron chi connectivity index (χ4n) is 5.07. The van der Waals surface area contributed by atoms with E-state index >= 15 is 0 Å². The van der Waals surface area contributed by atoms with Crippen LogP contribution in [0.25, 0.3) is 10.4 Å². The van der Waals surface area contributed by atoms with Crippen molar-refractivity contribution < 1.29 is 9.47 Å². The summed E-state index contributed by atoms with van der Waals surface area (Å²) in [6.07, 6.45) is 4.47. The Morgan fingerprint density at radius 1 is 1.18 bits per heavy atom. The molecule has 2 aromatic heterocycles. The molecule has 5 rings (SSSR count). The van der Waals surface area contributed by atoms with E-state index in [0.29, 0.717) is 12.5 Å². The number of aryl methyl sites for hydroxylation is 2. The Hall–Kier alpha value is -2.35. The summed E-state index contributed by atoms with van der Waals surface area (Å²) in [7, 11) is 4.21. The van der Waals surface area contributed by atoms with E-state index < -0.39 is 0 Å². The molecule has 6 nitrogen and oxygen atoms in total. The Bertz CT molecular complexity index is 1140. The number of thiophene rings is 1. The maximum absolute atomic E-state index is 6.51. The SMILES string of the molecule is Cc1ccc(-c2cc3c(c(OCC4CCCN(C)C4)c2)OCCN(Cc2cnn(C)c2C)C3)s1. The Labute approximate surface area is 207 Å². The zero-order valence-corrected chi connectivity index (χ0v) is 21.7. The highest BCUT2D eigenvalue weighted by atomic mass is 32.1. The van der Waals surface area contributed by atoms with Crippen LogP contribution in [0.4, 0.5) is 0 Å². The van der Waals surface area contributed by atoms with Gasteiger partial charge in [0.15, 0.2) is 11.5 Å². The number of nitrogens with zero attached hydrogens (tertiary/aromatic N) is 4. The molecular formula is C27H36N4O2S. The third-order valence-electron chi connectivity index (χ3n) is 7.13. The van der Waals surface area contributed by atoms with E-state index in [2.05, 4.69) is 60.1 Å². The van der Waals surface area contributed by atoms with Crippen LogP contribution in [-0.4, -0.2) is 59.5 Å². The van der Waals surface area contributed by atoms with Crippen molar-refractivity contribution in [3.63, 3.8) is 0 Å². The fourth-order valence-corrected chi connectivity index (χ4v) is 5.92. The molecule has 34 heavy (non-hydrogen) atoms. The second kappa shape index (κ2) is 10.1. The van der Waals surface area contributed by atoms with Crippen molar-refractivity contribution in [1.29, 1.82) is 0 Å². The molecule has 0 bridgehead atoms. The van der Waals surface area contributed by atoms with Crippen molar-refractivity contribution in [3.05, 3.63) is 52.2 Å². The van der Waals surface area contributed by atoms with Crippen LogP contribution in [0.2, 0.25) is 0 Å². The number of benzene rings is 1. The van der Waals surface area contributed by atoms with Crippen LogP contribution in [0, 0.1) is 19.8 Å². The zero-order chi connectivity index (χ0) is 23.7. The van der Waals surface area contributed by atoms with Crippen molar-refractivity contribution in [3.8, 4) is 21.9 Å². The molecule has 0 N–H and O–H groups in total. The number of ether oxygens (including phenoxy) is 2. The lowest BCUT2D eigenvalue weighted by Gasteiger charge is -2.29. The quantitative estimate of drug-likeness (QED) is 0.503. The molecule has 0 amide bonds. The minimum atomic E-state index is 0.567. The number of rotatable bonds is 6. The summed E-state index contributed by atoms with van der Waals surface area (Å²) in [6.45, 7) is 10.6. The fraction of sp³-hybridized carbons (Fsp3) is 0.519. The van der Waals surface area contributed by atoms with E-state index in [0.717, 1.165) is 44.3 Å².